The first-order valence-electron chi connectivity index (χ1n) is 2.70. The van der Waals surface area contributed by atoms with Gasteiger partial charge in [0, 0.05) is 33.2 Å². The summed E-state index contributed by atoms with van der Waals surface area (Å²) in [5, 5.41) is 0.749. The van der Waals surface area contributed by atoms with Crippen molar-refractivity contribution in [3.63, 3.8) is 0 Å². The van der Waals surface area contributed by atoms with Crippen molar-refractivity contribution in [3.05, 3.63) is 34.9 Å². The molecule has 0 N–H and O–H groups in total. The molecule has 0 saturated carbocycles. The van der Waals surface area contributed by atoms with Crippen LogP contribution >= 0.6 is 34.2 Å². The van der Waals surface area contributed by atoms with Crippen molar-refractivity contribution in [2.75, 3.05) is 0 Å². The Bertz CT molecular complexity index is 266. The van der Waals surface area contributed by atoms with Gasteiger partial charge in [-0.05, 0) is 28.2 Å². The highest BCUT2D eigenvalue weighted by atomic mass is 127. The van der Waals surface area contributed by atoms with Crippen molar-refractivity contribution in [3.8, 4) is 9.85 Å². The average molecular weight is 262 g/mol. The van der Waals surface area contributed by atoms with Crippen LogP contribution in [0.4, 0.5) is 0 Å². The number of hydrogen-bond acceptors (Lipinski definition) is 0. The quantitative estimate of drug-likeness (QED) is 0.498. The summed E-state index contributed by atoms with van der Waals surface area (Å²) in [4.78, 5) is 0. The Morgan fingerprint density at radius 2 is 1.80 bits per heavy atom. The second kappa shape index (κ2) is 3.85. The molecule has 0 saturated heterocycles. The van der Waals surface area contributed by atoms with Crippen molar-refractivity contribution in [1.29, 1.82) is 0 Å². The van der Waals surface area contributed by atoms with Gasteiger partial charge in [-0.25, -0.2) is 0 Å². The largest absolute Gasteiger partial charge is 0.0843 e. The fourth-order valence-electron chi connectivity index (χ4n) is 0.588. The van der Waals surface area contributed by atoms with Gasteiger partial charge in [-0.3, -0.25) is 0 Å². The van der Waals surface area contributed by atoms with Crippen LogP contribution in [0.1, 0.15) is 5.56 Å². The predicted octanol–water partition coefficient (Wildman–Crippen LogP) is 3.08. The minimum Gasteiger partial charge on any atom is -0.0843 e. The van der Waals surface area contributed by atoms with Crippen molar-refractivity contribution in [2.24, 2.45) is 0 Å². The van der Waals surface area contributed by atoms with Crippen LogP contribution in [-0.2, 0) is 0 Å². The molecule has 0 bridgehead atoms. The van der Waals surface area contributed by atoms with E-state index in [4.69, 9.17) is 11.6 Å². The van der Waals surface area contributed by atoms with Crippen LogP contribution in [0.2, 0.25) is 5.02 Å². The highest BCUT2D eigenvalue weighted by Gasteiger charge is 1.85. The van der Waals surface area contributed by atoms with Crippen LogP contribution in [0, 0.1) is 9.85 Å². The lowest BCUT2D eigenvalue weighted by Crippen LogP contribution is -1.69. The molecule has 0 aromatic heterocycles. The van der Waals surface area contributed by atoms with Gasteiger partial charge in [-0.2, -0.15) is 0 Å². The molecule has 0 radical (unpaired) electrons. The fourth-order valence-corrected chi connectivity index (χ4v) is 1.03. The van der Waals surface area contributed by atoms with Crippen molar-refractivity contribution < 1.29 is 0 Å². The second-order valence-electron chi connectivity index (χ2n) is 1.73. The Hall–Kier alpha value is -0.200. The molecule has 0 aliphatic heterocycles. The number of rotatable bonds is 0. The van der Waals surface area contributed by atoms with Crippen molar-refractivity contribution >= 4 is 34.2 Å². The van der Waals surface area contributed by atoms with E-state index in [0.717, 1.165) is 10.6 Å². The maximum Gasteiger partial charge on any atom is 0.0406 e. The molecule has 2 heteroatoms. The van der Waals surface area contributed by atoms with E-state index < -0.39 is 0 Å². The summed E-state index contributed by atoms with van der Waals surface area (Å²) in [7, 11) is 0. The third-order valence-corrected chi connectivity index (χ3v) is 1.56. The SMILES string of the molecule is Clc1ccc(C#CI)cc1. The van der Waals surface area contributed by atoms with Gasteiger partial charge in [-0.1, -0.05) is 17.5 Å². The molecule has 1 aromatic carbocycles. The molecular weight excluding hydrogens is 258 g/mol. The van der Waals surface area contributed by atoms with Crippen LogP contribution in [-0.4, -0.2) is 0 Å². The molecule has 50 valence electrons. The lowest BCUT2D eigenvalue weighted by Gasteiger charge is -1.88. The maximum atomic E-state index is 5.66. The second-order valence-corrected chi connectivity index (χ2v) is 2.70. The molecule has 0 atom stereocenters. The van der Waals surface area contributed by atoms with E-state index in [1.807, 2.05) is 46.9 Å². The van der Waals surface area contributed by atoms with Gasteiger partial charge in [0.1, 0.15) is 0 Å². The van der Waals surface area contributed by atoms with E-state index in [1.165, 1.54) is 0 Å². The van der Waals surface area contributed by atoms with Gasteiger partial charge >= 0.3 is 0 Å². The lowest BCUT2D eigenvalue weighted by atomic mass is 10.2. The monoisotopic (exact) mass is 262 g/mol. The maximum absolute atomic E-state index is 5.66. The van der Waals surface area contributed by atoms with E-state index >= 15 is 0 Å². The average Bonchev–Trinajstić information content (AvgIpc) is 1.95. The van der Waals surface area contributed by atoms with Gasteiger partial charge in [-0.15, -0.1) is 0 Å². The standard InChI is InChI=1S/C8H4ClI/c9-8-3-1-7(2-4-8)5-6-10/h1-4H. The first kappa shape index (κ1) is 7.90. The molecule has 0 fully saturated rings. The van der Waals surface area contributed by atoms with E-state index in [9.17, 15) is 0 Å². The summed E-state index contributed by atoms with van der Waals surface area (Å²) >= 11 is 7.67. The summed E-state index contributed by atoms with van der Waals surface area (Å²) in [6, 6.07) is 7.46. The number of halogens is 2. The summed E-state index contributed by atoms with van der Waals surface area (Å²) < 4.78 is 2.78. The van der Waals surface area contributed by atoms with Crippen molar-refractivity contribution in [1.82, 2.24) is 0 Å². The van der Waals surface area contributed by atoms with Gasteiger partial charge in [0.05, 0.1) is 0 Å². The molecule has 10 heavy (non-hydrogen) atoms. The first-order chi connectivity index (χ1) is 4.83. The summed E-state index contributed by atoms with van der Waals surface area (Å²) in [5.41, 5.74) is 0.999. The normalized spacial score (nSPS) is 8.20. The van der Waals surface area contributed by atoms with Gasteiger partial charge in [0.2, 0.25) is 0 Å². The molecule has 1 rings (SSSR count). The van der Waals surface area contributed by atoms with Gasteiger partial charge in [0.25, 0.3) is 0 Å². The van der Waals surface area contributed by atoms with Crippen LogP contribution in [0.25, 0.3) is 0 Å². The first-order valence-corrected chi connectivity index (χ1v) is 4.16. The summed E-state index contributed by atoms with van der Waals surface area (Å²) in [6.45, 7) is 0. The molecule has 0 amide bonds. The lowest BCUT2D eigenvalue weighted by molar-refractivity contribution is 1.65. The molecule has 0 heterocycles. The molecular formula is C8H4ClI. The van der Waals surface area contributed by atoms with Crippen LogP contribution in [0.3, 0.4) is 0 Å². The molecule has 1 aromatic rings. The topological polar surface area (TPSA) is 0 Å². The van der Waals surface area contributed by atoms with E-state index in [2.05, 4.69) is 9.85 Å². The molecule has 0 spiro atoms. The Balaban J connectivity index is 2.97. The van der Waals surface area contributed by atoms with Gasteiger partial charge < -0.3 is 0 Å². The summed E-state index contributed by atoms with van der Waals surface area (Å²) in [6.07, 6.45) is 0. The molecule has 0 aliphatic rings. The Morgan fingerprint density at radius 1 is 1.20 bits per heavy atom. The Morgan fingerprint density at radius 3 is 2.30 bits per heavy atom. The van der Waals surface area contributed by atoms with Crippen LogP contribution in [0.15, 0.2) is 24.3 Å². The minimum absolute atomic E-state index is 0.749. The van der Waals surface area contributed by atoms with Gasteiger partial charge in [0.15, 0.2) is 0 Å². The molecule has 0 nitrogen and oxygen atoms in total. The Labute approximate surface area is 78.7 Å². The number of benzene rings is 1. The zero-order chi connectivity index (χ0) is 7.40. The van der Waals surface area contributed by atoms with E-state index in [1.54, 1.807) is 0 Å². The zero-order valence-corrected chi connectivity index (χ0v) is 7.98. The van der Waals surface area contributed by atoms with E-state index in [-0.39, 0.29) is 0 Å². The third-order valence-electron chi connectivity index (χ3n) is 1.04. The van der Waals surface area contributed by atoms with Crippen LogP contribution in [0.5, 0.6) is 0 Å². The number of hydrogen-bond donors (Lipinski definition) is 0. The fraction of sp³-hybridized carbons (Fsp3) is 0. The third kappa shape index (κ3) is 2.20. The Kier molecular flexibility index (Phi) is 3.04. The van der Waals surface area contributed by atoms with Crippen LogP contribution < -0.4 is 0 Å². The highest BCUT2D eigenvalue weighted by Crippen LogP contribution is 2.08. The van der Waals surface area contributed by atoms with E-state index in [0.29, 0.717) is 0 Å². The van der Waals surface area contributed by atoms with Crippen molar-refractivity contribution in [2.45, 2.75) is 0 Å². The predicted molar refractivity (Wildman–Crippen MR) is 52.4 cm³/mol. The zero-order valence-electron chi connectivity index (χ0n) is 5.07. The minimum atomic E-state index is 0.749. The highest BCUT2D eigenvalue weighted by molar-refractivity contribution is 14.1. The molecule has 0 aliphatic carbocycles. The summed E-state index contributed by atoms with van der Waals surface area (Å²) in [5.74, 6) is 2.91. The molecule has 0 unspecified atom stereocenters. The smallest absolute Gasteiger partial charge is 0.0406 e.